The van der Waals surface area contributed by atoms with E-state index in [0.29, 0.717) is 42.3 Å². The highest BCUT2D eigenvalue weighted by Gasteiger charge is 2.35. The van der Waals surface area contributed by atoms with E-state index >= 15 is 0 Å². The summed E-state index contributed by atoms with van der Waals surface area (Å²) in [6.07, 6.45) is 1.15. The second-order valence-corrected chi connectivity index (χ2v) is 11.6. The van der Waals surface area contributed by atoms with Crippen LogP contribution >= 0.6 is 0 Å². The second kappa shape index (κ2) is 11.5. The lowest BCUT2D eigenvalue weighted by molar-refractivity contribution is -0.137. The summed E-state index contributed by atoms with van der Waals surface area (Å²) in [6.45, 7) is 3.86. The summed E-state index contributed by atoms with van der Waals surface area (Å²) in [5.41, 5.74) is 5.08. The fourth-order valence-corrected chi connectivity index (χ4v) is 6.31. The molecule has 0 aliphatic carbocycles. The molecule has 40 heavy (non-hydrogen) atoms. The van der Waals surface area contributed by atoms with Crippen molar-refractivity contribution in [3.63, 3.8) is 0 Å². The molecular weight excluding hydrogens is 530 g/mol. The van der Waals surface area contributed by atoms with Gasteiger partial charge in [-0.05, 0) is 61.7 Å². The van der Waals surface area contributed by atoms with Crippen LogP contribution in [0.25, 0.3) is 11.5 Å². The fraction of sp³-hybridized carbons (Fsp3) is 0.267. The van der Waals surface area contributed by atoms with Gasteiger partial charge in [-0.1, -0.05) is 48.0 Å². The Hall–Kier alpha value is -4.15. The van der Waals surface area contributed by atoms with Gasteiger partial charge in [0, 0.05) is 25.1 Å². The average molecular weight is 562 g/mol. The Bertz CT molecular complexity index is 1600. The molecule has 1 aliphatic heterocycles. The molecule has 0 bridgehead atoms. The first-order valence-electron chi connectivity index (χ1n) is 13.0. The molecule has 0 spiro atoms. The van der Waals surface area contributed by atoms with Crippen LogP contribution in [-0.2, 0) is 34.4 Å². The first kappa shape index (κ1) is 27.4. The maximum Gasteiger partial charge on any atom is 0.318 e. The molecule has 1 aliphatic rings. The molecule has 0 amide bonds. The minimum atomic E-state index is -4.05. The van der Waals surface area contributed by atoms with Crippen molar-refractivity contribution in [3.05, 3.63) is 101 Å². The summed E-state index contributed by atoms with van der Waals surface area (Å²) < 4.78 is 40.9. The standard InChI is InChI=1S/C30H31N3O6S/c1-21-7-11-25(12-8-21)30-31-27(22(2)39-30)16-18-38-26-13-9-23(10-14-26)19-32(20-29(34)35)40(36,37)33-17-15-24-5-3-4-6-28(24)33/h3-14H,15-20H2,1-2H3,(H,34,35). The number of aryl methyl sites for hydroxylation is 2. The van der Waals surface area contributed by atoms with E-state index in [4.69, 9.17) is 9.15 Å². The fourth-order valence-electron chi connectivity index (χ4n) is 4.70. The summed E-state index contributed by atoms with van der Waals surface area (Å²) in [5.74, 6) is 0.722. The summed E-state index contributed by atoms with van der Waals surface area (Å²) >= 11 is 0. The van der Waals surface area contributed by atoms with Gasteiger partial charge in [0.25, 0.3) is 0 Å². The van der Waals surface area contributed by atoms with Gasteiger partial charge in [0.15, 0.2) is 0 Å². The van der Waals surface area contributed by atoms with Gasteiger partial charge in [-0.15, -0.1) is 0 Å². The number of carboxylic acids is 1. The van der Waals surface area contributed by atoms with Gasteiger partial charge in [0.05, 0.1) is 18.0 Å². The van der Waals surface area contributed by atoms with Crippen molar-refractivity contribution >= 4 is 21.9 Å². The number of carboxylic acid groups (broad SMARTS) is 1. The minimum absolute atomic E-state index is 0.0759. The Kier molecular flexibility index (Phi) is 7.90. The highest BCUT2D eigenvalue weighted by Crippen LogP contribution is 2.31. The van der Waals surface area contributed by atoms with E-state index in [1.807, 2.05) is 50.2 Å². The summed E-state index contributed by atoms with van der Waals surface area (Å²) in [7, 11) is -4.05. The zero-order valence-electron chi connectivity index (χ0n) is 22.4. The molecule has 0 saturated heterocycles. The Morgan fingerprint density at radius 1 is 1.05 bits per heavy atom. The number of hydrogen-bond acceptors (Lipinski definition) is 6. The summed E-state index contributed by atoms with van der Waals surface area (Å²) in [5, 5.41) is 9.44. The first-order chi connectivity index (χ1) is 19.2. The number of aromatic nitrogens is 1. The van der Waals surface area contributed by atoms with Crippen LogP contribution in [0, 0.1) is 13.8 Å². The van der Waals surface area contributed by atoms with E-state index in [2.05, 4.69) is 4.98 Å². The van der Waals surface area contributed by atoms with Crippen LogP contribution in [0.2, 0.25) is 0 Å². The van der Waals surface area contributed by atoms with Gasteiger partial charge in [-0.3, -0.25) is 9.10 Å². The van der Waals surface area contributed by atoms with Crippen LogP contribution in [0.15, 0.2) is 77.2 Å². The Morgan fingerprint density at radius 3 is 2.50 bits per heavy atom. The molecular formula is C30H31N3O6S. The Morgan fingerprint density at radius 2 is 1.77 bits per heavy atom. The number of aliphatic carboxylic acids is 1. The van der Waals surface area contributed by atoms with Crippen LogP contribution in [-0.4, -0.2) is 48.5 Å². The number of hydrogen-bond donors (Lipinski definition) is 1. The second-order valence-electron chi connectivity index (χ2n) is 9.75. The molecule has 10 heteroatoms. The number of fused-ring (bicyclic) bond motifs is 1. The molecule has 0 radical (unpaired) electrons. The van der Waals surface area contributed by atoms with E-state index < -0.39 is 22.7 Å². The van der Waals surface area contributed by atoms with E-state index in [1.165, 1.54) is 9.87 Å². The largest absolute Gasteiger partial charge is 0.493 e. The molecule has 9 nitrogen and oxygen atoms in total. The van der Waals surface area contributed by atoms with Crippen LogP contribution in [0.5, 0.6) is 5.75 Å². The molecule has 0 saturated carbocycles. The third-order valence-electron chi connectivity index (χ3n) is 6.84. The van der Waals surface area contributed by atoms with E-state index in [1.54, 1.807) is 36.4 Å². The maximum atomic E-state index is 13.5. The smallest absolute Gasteiger partial charge is 0.318 e. The minimum Gasteiger partial charge on any atom is -0.493 e. The van der Waals surface area contributed by atoms with E-state index in [9.17, 15) is 18.3 Å². The van der Waals surface area contributed by atoms with Gasteiger partial charge in [-0.2, -0.15) is 12.7 Å². The van der Waals surface area contributed by atoms with Crippen molar-refractivity contribution in [1.29, 1.82) is 0 Å². The number of anilines is 1. The lowest BCUT2D eigenvalue weighted by atomic mass is 10.1. The van der Waals surface area contributed by atoms with Crippen molar-refractivity contribution in [2.24, 2.45) is 0 Å². The zero-order valence-corrected chi connectivity index (χ0v) is 23.2. The molecule has 0 fully saturated rings. The predicted octanol–water partition coefficient (Wildman–Crippen LogP) is 4.77. The average Bonchev–Trinajstić information content (AvgIpc) is 3.53. The molecule has 3 aromatic carbocycles. The van der Waals surface area contributed by atoms with Gasteiger partial charge >= 0.3 is 16.2 Å². The number of ether oxygens (including phenoxy) is 1. The highest BCUT2D eigenvalue weighted by atomic mass is 32.2. The Balaban J connectivity index is 1.21. The third kappa shape index (κ3) is 6.03. The van der Waals surface area contributed by atoms with Crippen LogP contribution in [0.3, 0.4) is 0 Å². The van der Waals surface area contributed by atoms with Crippen LogP contribution in [0.1, 0.15) is 28.1 Å². The van der Waals surface area contributed by atoms with Crippen LogP contribution in [0.4, 0.5) is 5.69 Å². The lowest BCUT2D eigenvalue weighted by Gasteiger charge is -2.28. The molecule has 5 rings (SSSR count). The normalized spacial score (nSPS) is 13.0. The molecule has 1 N–H and O–H groups in total. The number of para-hydroxylation sites is 1. The number of carbonyl (C=O) groups is 1. The monoisotopic (exact) mass is 561 g/mol. The maximum absolute atomic E-state index is 13.5. The van der Waals surface area contributed by atoms with Gasteiger partial charge in [0.1, 0.15) is 18.1 Å². The number of nitrogens with zero attached hydrogens (tertiary/aromatic N) is 3. The van der Waals surface area contributed by atoms with Gasteiger partial charge < -0.3 is 14.3 Å². The zero-order chi connectivity index (χ0) is 28.3. The van der Waals surface area contributed by atoms with Crippen LogP contribution < -0.4 is 9.04 Å². The van der Waals surface area contributed by atoms with E-state index in [0.717, 1.165) is 26.9 Å². The summed E-state index contributed by atoms with van der Waals surface area (Å²) in [4.78, 5) is 16.2. The molecule has 0 atom stereocenters. The van der Waals surface area contributed by atoms with Crippen molar-refractivity contribution < 1.29 is 27.5 Å². The van der Waals surface area contributed by atoms with Crippen molar-refractivity contribution in [1.82, 2.24) is 9.29 Å². The third-order valence-corrected chi connectivity index (χ3v) is 8.69. The lowest BCUT2D eigenvalue weighted by Crippen LogP contribution is -2.45. The predicted molar refractivity (Wildman–Crippen MR) is 152 cm³/mol. The summed E-state index contributed by atoms with van der Waals surface area (Å²) in [6, 6.07) is 22.3. The molecule has 1 aromatic heterocycles. The Labute approximate surface area is 233 Å². The van der Waals surface area contributed by atoms with E-state index in [-0.39, 0.29) is 13.1 Å². The van der Waals surface area contributed by atoms with Gasteiger partial charge in [-0.25, -0.2) is 4.98 Å². The van der Waals surface area contributed by atoms with Crippen molar-refractivity contribution in [2.45, 2.75) is 33.2 Å². The molecule has 2 heterocycles. The quantitative estimate of drug-likeness (QED) is 0.281. The molecule has 4 aromatic rings. The molecule has 208 valence electrons. The first-order valence-corrected chi connectivity index (χ1v) is 14.4. The molecule has 0 unspecified atom stereocenters. The van der Waals surface area contributed by atoms with Crippen molar-refractivity contribution in [2.75, 3.05) is 24.0 Å². The highest BCUT2D eigenvalue weighted by molar-refractivity contribution is 7.90. The number of rotatable bonds is 11. The topological polar surface area (TPSA) is 113 Å². The van der Waals surface area contributed by atoms with Crippen molar-refractivity contribution in [3.8, 4) is 17.2 Å². The van der Waals surface area contributed by atoms with Gasteiger partial charge in [0.2, 0.25) is 5.89 Å². The SMILES string of the molecule is Cc1ccc(-c2nc(CCOc3ccc(CN(CC(=O)O)S(=O)(=O)N4CCc5ccccc54)cc3)c(C)o2)cc1. The number of benzene rings is 3. The number of oxazole rings is 1.